The lowest BCUT2D eigenvalue weighted by molar-refractivity contribution is 0.0601. The Morgan fingerprint density at radius 2 is 2.05 bits per heavy atom. The number of methoxy groups -OCH3 is 1. The molecule has 20 heavy (non-hydrogen) atoms. The van der Waals surface area contributed by atoms with Crippen molar-refractivity contribution in [2.24, 2.45) is 0 Å². The summed E-state index contributed by atoms with van der Waals surface area (Å²) >= 11 is 5.98. The van der Waals surface area contributed by atoms with Crippen LogP contribution in [0.3, 0.4) is 0 Å². The van der Waals surface area contributed by atoms with Crippen molar-refractivity contribution in [3.63, 3.8) is 0 Å². The summed E-state index contributed by atoms with van der Waals surface area (Å²) in [6.07, 6.45) is 0. The number of benzene rings is 2. The number of rotatable bonds is 4. The predicted molar refractivity (Wildman–Crippen MR) is 81.3 cm³/mol. The number of halogens is 1. The van der Waals surface area contributed by atoms with Crippen LogP contribution in [0.4, 0.5) is 5.69 Å². The predicted octanol–water partition coefficient (Wildman–Crippen LogP) is 4.05. The van der Waals surface area contributed by atoms with Gasteiger partial charge in [0.2, 0.25) is 0 Å². The lowest BCUT2D eigenvalue weighted by Crippen LogP contribution is -2.05. The molecule has 0 radical (unpaired) electrons. The number of ether oxygens (including phenoxy) is 1. The van der Waals surface area contributed by atoms with Crippen molar-refractivity contribution < 1.29 is 9.53 Å². The Balaban J connectivity index is 2.12. The molecule has 3 nitrogen and oxygen atoms in total. The van der Waals surface area contributed by atoms with E-state index in [0.29, 0.717) is 17.1 Å². The minimum atomic E-state index is -0.436. The van der Waals surface area contributed by atoms with Crippen LogP contribution in [0.1, 0.15) is 21.5 Å². The molecule has 0 bridgehead atoms. The minimum Gasteiger partial charge on any atom is -0.465 e. The van der Waals surface area contributed by atoms with Crippen LogP contribution in [0.2, 0.25) is 5.02 Å². The van der Waals surface area contributed by atoms with E-state index in [4.69, 9.17) is 16.3 Å². The van der Waals surface area contributed by atoms with Gasteiger partial charge in [0.25, 0.3) is 0 Å². The average molecular weight is 290 g/mol. The summed E-state index contributed by atoms with van der Waals surface area (Å²) in [6, 6.07) is 13.5. The molecule has 0 amide bonds. The van der Waals surface area contributed by atoms with Crippen LogP contribution in [0.5, 0.6) is 0 Å². The second kappa shape index (κ2) is 6.44. The molecule has 0 aromatic heterocycles. The molecule has 0 atom stereocenters. The standard InChI is InChI=1S/C16H16ClNO2/c1-11-4-3-5-12(8-11)10-18-13-6-7-15(17)14(9-13)16(19)20-2/h3-9,18H,10H2,1-2H3. The molecule has 0 saturated heterocycles. The fraction of sp³-hybridized carbons (Fsp3) is 0.188. The summed E-state index contributed by atoms with van der Waals surface area (Å²) in [7, 11) is 1.34. The first-order valence-electron chi connectivity index (χ1n) is 6.27. The summed E-state index contributed by atoms with van der Waals surface area (Å²) in [5.41, 5.74) is 3.59. The first-order chi connectivity index (χ1) is 9.60. The van der Waals surface area contributed by atoms with Gasteiger partial charge < -0.3 is 10.1 Å². The molecule has 1 N–H and O–H groups in total. The number of hydrogen-bond donors (Lipinski definition) is 1. The highest BCUT2D eigenvalue weighted by molar-refractivity contribution is 6.33. The summed E-state index contributed by atoms with van der Waals surface area (Å²) in [4.78, 5) is 11.6. The van der Waals surface area contributed by atoms with Gasteiger partial charge in [-0.25, -0.2) is 4.79 Å². The van der Waals surface area contributed by atoms with Crippen molar-refractivity contribution in [3.8, 4) is 0 Å². The first kappa shape index (κ1) is 14.4. The molecule has 2 aromatic carbocycles. The SMILES string of the molecule is COC(=O)c1cc(NCc2cccc(C)c2)ccc1Cl. The molecule has 0 fully saturated rings. The van der Waals surface area contributed by atoms with Gasteiger partial charge in [0, 0.05) is 12.2 Å². The van der Waals surface area contributed by atoms with Crippen LogP contribution in [0.15, 0.2) is 42.5 Å². The van der Waals surface area contributed by atoms with Gasteiger partial charge in [-0.15, -0.1) is 0 Å². The molecule has 0 spiro atoms. The van der Waals surface area contributed by atoms with Gasteiger partial charge in [0.15, 0.2) is 0 Å². The number of hydrogen-bond acceptors (Lipinski definition) is 3. The van der Waals surface area contributed by atoms with Crippen molar-refractivity contribution >= 4 is 23.3 Å². The van der Waals surface area contributed by atoms with Gasteiger partial charge in [0.05, 0.1) is 17.7 Å². The fourth-order valence-corrected chi connectivity index (χ4v) is 2.12. The fourth-order valence-electron chi connectivity index (χ4n) is 1.93. The number of carbonyl (C=O) groups excluding carboxylic acids is 1. The number of anilines is 1. The van der Waals surface area contributed by atoms with E-state index in [2.05, 4.69) is 30.4 Å². The van der Waals surface area contributed by atoms with Crippen molar-refractivity contribution in [1.82, 2.24) is 0 Å². The first-order valence-corrected chi connectivity index (χ1v) is 6.65. The molecular formula is C16H16ClNO2. The zero-order valence-electron chi connectivity index (χ0n) is 11.4. The Labute approximate surface area is 123 Å². The van der Waals surface area contributed by atoms with Crippen LogP contribution in [0, 0.1) is 6.92 Å². The lowest BCUT2D eigenvalue weighted by Gasteiger charge is -2.09. The average Bonchev–Trinajstić information content (AvgIpc) is 2.45. The third-order valence-electron chi connectivity index (χ3n) is 2.95. The quantitative estimate of drug-likeness (QED) is 0.863. The molecule has 104 valence electrons. The normalized spacial score (nSPS) is 10.2. The van der Waals surface area contributed by atoms with E-state index in [1.54, 1.807) is 12.1 Å². The minimum absolute atomic E-state index is 0.364. The number of carbonyl (C=O) groups is 1. The molecule has 0 aliphatic carbocycles. The second-order valence-corrected chi connectivity index (χ2v) is 4.94. The van der Waals surface area contributed by atoms with Gasteiger partial charge in [-0.05, 0) is 30.7 Å². The van der Waals surface area contributed by atoms with Crippen molar-refractivity contribution in [3.05, 3.63) is 64.2 Å². The third kappa shape index (κ3) is 3.52. The van der Waals surface area contributed by atoms with E-state index in [-0.39, 0.29) is 0 Å². The highest BCUT2D eigenvalue weighted by atomic mass is 35.5. The van der Waals surface area contributed by atoms with Gasteiger partial charge in [0.1, 0.15) is 0 Å². The zero-order valence-corrected chi connectivity index (χ0v) is 12.2. The zero-order chi connectivity index (χ0) is 14.5. The van der Waals surface area contributed by atoms with Crippen molar-refractivity contribution in [2.45, 2.75) is 13.5 Å². The van der Waals surface area contributed by atoms with E-state index in [1.807, 2.05) is 12.1 Å². The summed E-state index contributed by atoms with van der Waals surface area (Å²) in [5.74, 6) is -0.436. The maximum absolute atomic E-state index is 11.6. The topological polar surface area (TPSA) is 38.3 Å². The van der Waals surface area contributed by atoms with Crippen molar-refractivity contribution in [1.29, 1.82) is 0 Å². The molecule has 0 unspecified atom stereocenters. The molecule has 0 heterocycles. The van der Waals surface area contributed by atoms with E-state index < -0.39 is 5.97 Å². The largest absolute Gasteiger partial charge is 0.465 e. The van der Waals surface area contributed by atoms with E-state index in [9.17, 15) is 4.79 Å². The van der Waals surface area contributed by atoms with Gasteiger partial charge in [-0.2, -0.15) is 0 Å². The Hall–Kier alpha value is -2.00. The monoisotopic (exact) mass is 289 g/mol. The molecule has 0 saturated carbocycles. The Kier molecular flexibility index (Phi) is 4.64. The maximum atomic E-state index is 11.6. The second-order valence-electron chi connectivity index (χ2n) is 4.53. The van der Waals surface area contributed by atoms with Crippen LogP contribution in [-0.4, -0.2) is 13.1 Å². The number of esters is 1. The molecule has 4 heteroatoms. The Bertz CT molecular complexity index is 626. The summed E-state index contributed by atoms with van der Waals surface area (Å²) in [6.45, 7) is 2.74. The number of nitrogens with one attached hydrogen (secondary N) is 1. The lowest BCUT2D eigenvalue weighted by atomic mass is 10.1. The smallest absolute Gasteiger partial charge is 0.339 e. The summed E-state index contributed by atoms with van der Waals surface area (Å²) in [5, 5.41) is 3.66. The van der Waals surface area contributed by atoms with E-state index >= 15 is 0 Å². The number of aryl methyl sites for hydroxylation is 1. The highest BCUT2D eigenvalue weighted by Gasteiger charge is 2.11. The molecule has 0 aliphatic heterocycles. The van der Waals surface area contributed by atoms with Crippen LogP contribution in [-0.2, 0) is 11.3 Å². The van der Waals surface area contributed by atoms with Gasteiger partial charge in [-0.1, -0.05) is 41.4 Å². The van der Waals surface area contributed by atoms with Gasteiger partial charge in [-0.3, -0.25) is 0 Å². The molecule has 2 aromatic rings. The Morgan fingerprint density at radius 3 is 2.75 bits per heavy atom. The highest BCUT2D eigenvalue weighted by Crippen LogP contribution is 2.21. The van der Waals surface area contributed by atoms with Crippen LogP contribution < -0.4 is 5.32 Å². The Morgan fingerprint density at radius 1 is 1.25 bits per heavy atom. The van der Waals surface area contributed by atoms with Gasteiger partial charge >= 0.3 is 5.97 Å². The molecular weight excluding hydrogens is 274 g/mol. The van der Waals surface area contributed by atoms with E-state index in [0.717, 1.165) is 5.69 Å². The maximum Gasteiger partial charge on any atom is 0.339 e. The molecule has 2 rings (SSSR count). The van der Waals surface area contributed by atoms with Crippen LogP contribution in [0.25, 0.3) is 0 Å². The van der Waals surface area contributed by atoms with E-state index in [1.165, 1.54) is 18.2 Å². The third-order valence-corrected chi connectivity index (χ3v) is 3.28. The summed E-state index contributed by atoms with van der Waals surface area (Å²) < 4.78 is 4.70. The van der Waals surface area contributed by atoms with Crippen molar-refractivity contribution in [2.75, 3.05) is 12.4 Å². The molecule has 0 aliphatic rings. The van der Waals surface area contributed by atoms with Crippen LogP contribution >= 0.6 is 11.6 Å².